The van der Waals surface area contributed by atoms with Gasteiger partial charge in [-0.15, -0.1) is 0 Å². The van der Waals surface area contributed by atoms with E-state index in [1.807, 2.05) is 31.2 Å². The molecule has 6 heteroatoms. The zero-order valence-corrected chi connectivity index (χ0v) is 15.4. The largest absolute Gasteiger partial charge is 0.496 e. The van der Waals surface area contributed by atoms with E-state index in [2.05, 4.69) is 27.8 Å². The minimum Gasteiger partial charge on any atom is -0.496 e. The van der Waals surface area contributed by atoms with Gasteiger partial charge in [0.2, 0.25) is 0 Å². The number of esters is 1. The second-order valence-electron chi connectivity index (χ2n) is 5.56. The van der Waals surface area contributed by atoms with Crippen molar-refractivity contribution in [1.82, 2.24) is 10.6 Å². The van der Waals surface area contributed by atoms with Crippen LogP contribution in [0.1, 0.15) is 28.4 Å². The van der Waals surface area contributed by atoms with Gasteiger partial charge in [0.15, 0.2) is 5.96 Å². The molecule has 138 valence electrons. The van der Waals surface area contributed by atoms with Crippen LogP contribution in [0.2, 0.25) is 0 Å². The van der Waals surface area contributed by atoms with Crippen molar-refractivity contribution in [1.29, 1.82) is 0 Å². The van der Waals surface area contributed by atoms with Crippen molar-refractivity contribution in [3.8, 4) is 5.75 Å². The zero-order chi connectivity index (χ0) is 18.8. The van der Waals surface area contributed by atoms with Crippen molar-refractivity contribution >= 4 is 11.9 Å². The number of benzene rings is 2. The number of methoxy groups -OCH3 is 2. The quantitative estimate of drug-likeness (QED) is 0.454. The lowest BCUT2D eigenvalue weighted by Crippen LogP contribution is -2.36. The summed E-state index contributed by atoms with van der Waals surface area (Å²) in [5.41, 5.74) is 2.52. The third-order valence-corrected chi connectivity index (χ3v) is 3.74. The summed E-state index contributed by atoms with van der Waals surface area (Å²) in [6, 6.07) is 15.5. The first-order valence-corrected chi connectivity index (χ1v) is 8.49. The van der Waals surface area contributed by atoms with Gasteiger partial charge in [0.1, 0.15) is 11.3 Å². The molecule has 2 aromatic carbocycles. The van der Waals surface area contributed by atoms with Gasteiger partial charge in [-0.25, -0.2) is 9.79 Å². The number of ether oxygens (including phenoxy) is 2. The fourth-order valence-electron chi connectivity index (χ4n) is 2.41. The zero-order valence-electron chi connectivity index (χ0n) is 15.4. The Hall–Kier alpha value is -3.02. The SMILES string of the molecule is CCNC(=NCc1ccc(C(=O)OC)c(OC)c1)NCc1ccccc1. The molecular weight excluding hydrogens is 330 g/mol. The van der Waals surface area contributed by atoms with E-state index in [9.17, 15) is 4.79 Å². The molecule has 0 saturated carbocycles. The topological polar surface area (TPSA) is 72.0 Å². The predicted octanol–water partition coefficient (Wildman–Crippen LogP) is 2.74. The lowest BCUT2D eigenvalue weighted by atomic mass is 10.1. The second-order valence-corrected chi connectivity index (χ2v) is 5.56. The number of nitrogens with zero attached hydrogens (tertiary/aromatic N) is 1. The van der Waals surface area contributed by atoms with E-state index in [0.29, 0.717) is 24.4 Å². The highest BCUT2D eigenvalue weighted by Gasteiger charge is 2.13. The van der Waals surface area contributed by atoms with Gasteiger partial charge in [-0.1, -0.05) is 36.4 Å². The highest BCUT2D eigenvalue weighted by Crippen LogP contribution is 2.21. The van der Waals surface area contributed by atoms with Crippen molar-refractivity contribution in [3.05, 3.63) is 65.2 Å². The number of guanidine groups is 1. The van der Waals surface area contributed by atoms with E-state index in [4.69, 9.17) is 9.47 Å². The van der Waals surface area contributed by atoms with Crippen LogP contribution in [0.4, 0.5) is 0 Å². The molecule has 0 fully saturated rings. The van der Waals surface area contributed by atoms with Gasteiger partial charge in [-0.3, -0.25) is 0 Å². The molecule has 0 aliphatic heterocycles. The Labute approximate surface area is 154 Å². The third-order valence-electron chi connectivity index (χ3n) is 3.74. The molecule has 2 rings (SSSR count). The van der Waals surface area contributed by atoms with E-state index >= 15 is 0 Å². The number of aliphatic imine (C=N–C) groups is 1. The minimum absolute atomic E-state index is 0.400. The summed E-state index contributed by atoms with van der Waals surface area (Å²) in [4.78, 5) is 16.3. The van der Waals surface area contributed by atoms with Gasteiger partial charge in [-0.2, -0.15) is 0 Å². The Balaban J connectivity index is 2.07. The Bertz CT molecular complexity index is 745. The predicted molar refractivity (Wildman–Crippen MR) is 102 cm³/mol. The Kier molecular flexibility index (Phi) is 7.49. The molecule has 0 unspecified atom stereocenters. The molecule has 26 heavy (non-hydrogen) atoms. The lowest BCUT2D eigenvalue weighted by molar-refractivity contribution is 0.0597. The van der Waals surface area contributed by atoms with Crippen molar-refractivity contribution < 1.29 is 14.3 Å². The smallest absolute Gasteiger partial charge is 0.341 e. The molecule has 0 aromatic heterocycles. The van der Waals surface area contributed by atoms with E-state index in [-0.39, 0.29) is 0 Å². The van der Waals surface area contributed by atoms with E-state index in [0.717, 1.165) is 18.1 Å². The van der Waals surface area contributed by atoms with Gasteiger partial charge in [-0.05, 0) is 30.2 Å². The summed E-state index contributed by atoms with van der Waals surface area (Å²) >= 11 is 0. The normalized spacial score (nSPS) is 11.0. The summed E-state index contributed by atoms with van der Waals surface area (Å²) in [5, 5.41) is 6.53. The van der Waals surface area contributed by atoms with E-state index in [1.165, 1.54) is 19.8 Å². The molecule has 0 spiro atoms. The Morgan fingerprint density at radius 1 is 1.04 bits per heavy atom. The van der Waals surface area contributed by atoms with Gasteiger partial charge >= 0.3 is 5.97 Å². The van der Waals surface area contributed by atoms with Crippen LogP contribution < -0.4 is 15.4 Å². The highest BCUT2D eigenvalue weighted by molar-refractivity contribution is 5.92. The van der Waals surface area contributed by atoms with E-state index < -0.39 is 5.97 Å². The Morgan fingerprint density at radius 2 is 1.81 bits per heavy atom. The van der Waals surface area contributed by atoms with Crippen LogP contribution in [0.3, 0.4) is 0 Å². The summed E-state index contributed by atoms with van der Waals surface area (Å²) < 4.78 is 10.0. The summed E-state index contributed by atoms with van der Waals surface area (Å²) in [6.07, 6.45) is 0. The minimum atomic E-state index is -0.422. The first kappa shape index (κ1) is 19.3. The number of nitrogens with one attached hydrogen (secondary N) is 2. The highest BCUT2D eigenvalue weighted by atomic mass is 16.5. The van der Waals surface area contributed by atoms with Gasteiger partial charge in [0.25, 0.3) is 0 Å². The molecular formula is C20H25N3O3. The molecule has 2 N–H and O–H groups in total. The summed E-state index contributed by atoms with van der Waals surface area (Å²) in [6.45, 7) is 3.94. The van der Waals surface area contributed by atoms with Crippen molar-refractivity contribution in [2.24, 2.45) is 4.99 Å². The fraction of sp³-hybridized carbons (Fsp3) is 0.300. The molecule has 0 atom stereocenters. The first-order chi connectivity index (χ1) is 12.7. The van der Waals surface area contributed by atoms with Gasteiger partial charge < -0.3 is 20.1 Å². The molecule has 0 aliphatic carbocycles. The standard InChI is InChI=1S/C20H25N3O3/c1-4-21-20(22-13-15-8-6-5-7-9-15)23-14-16-10-11-17(19(24)26-3)18(12-16)25-2/h5-12H,4,13-14H2,1-3H3,(H2,21,22,23). The Morgan fingerprint density at radius 3 is 2.46 bits per heavy atom. The lowest BCUT2D eigenvalue weighted by Gasteiger charge is -2.12. The average molecular weight is 355 g/mol. The monoisotopic (exact) mass is 355 g/mol. The maximum absolute atomic E-state index is 11.7. The van der Waals surface area contributed by atoms with Crippen LogP contribution in [0.5, 0.6) is 5.75 Å². The maximum atomic E-state index is 11.7. The summed E-state index contributed by atoms with van der Waals surface area (Å²) in [7, 11) is 2.88. The maximum Gasteiger partial charge on any atom is 0.341 e. The number of rotatable bonds is 7. The van der Waals surface area contributed by atoms with Crippen LogP contribution in [-0.2, 0) is 17.8 Å². The van der Waals surface area contributed by atoms with Crippen LogP contribution in [-0.4, -0.2) is 32.7 Å². The van der Waals surface area contributed by atoms with Crippen molar-refractivity contribution in [2.75, 3.05) is 20.8 Å². The number of hydrogen-bond acceptors (Lipinski definition) is 4. The molecule has 0 heterocycles. The molecule has 0 aliphatic rings. The van der Waals surface area contributed by atoms with E-state index in [1.54, 1.807) is 12.1 Å². The molecule has 0 bridgehead atoms. The van der Waals surface area contributed by atoms with Crippen LogP contribution in [0, 0.1) is 0 Å². The molecule has 2 aromatic rings. The molecule has 0 amide bonds. The fourth-order valence-corrected chi connectivity index (χ4v) is 2.41. The molecule has 0 saturated heterocycles. The van der Waals surface area contributed by atoms with Gasteiger partial charge in [0.05, 0.1) is 20.8 Å². The molecule has 6 nitrogen and oxygen atoms in total. The van der Waals surface area contributed by atoms with Crippen molar-refractivity contribution in [3.63, 3.8) is 0 Å². The first-order valence-electron chi connectivity index (χ1n) is 8.49. The number of hydrogen-bond donors (Lipinski definition) is 2. The molecule has 0 radical (unpaired) electrons. The second kappa shape index (κ2) is 10.1. The van der Waals surface area contributed by atoms with Crippen LogP contribution >= 0.6 is 0 Å². The number of carbonyl (C=O) groups is 1. The third kappa shape index (κ3) is 5.51. The van der Waals surface area contributed by atoms with Crippen LogP contribution in [0.15, 0.2) is 53.5 Å². The average Bonchev–Trinajstić information content (AvgIpc) is 2.70. The van der Waals surface area contributed by atoms with Crippen molar-refractivity contribution in [2.45, 2.75) is 20.0 Å². The van der Waals surface area contributed by atoms with Gasteiger partial charge in [0, 0.05) is 13.1 Å². The van der Waals surface area contributed by atoms with Crippen LogP contribution in [0.25, 0.3) is 0 Å². The summed E-state index contributed by atoms with van der Waals surface area (Å²) in [5.74, 6) is 0.786. The number of carbonyl (C=O) groups excluding carboxylic acids is 1.